The van der Waals surface area contributed by atoms with Crippen LogP contribution in [0.3, 0.4) is 0 Å². The Bertz CT molecular complexity index is 500. The maximum atomic E-state index is 11.5. The van der Waals surface area contributed by atoms with Gasteiger partial charge in [0, 0.05) is 19.4 Å². The number of hydrogen-bond acceptors (Lipinski definition) is 7. The molecule has 2 heterocycles. The fourth-order valence-electron chi connectivity index (χ4n) is 0.998. The van der Waals surface area contributed by atoms with Crippen molar-refractivity contribution < 1.29 is 4.79 Å². The highest BCUT2D eigenvalue weighted by atomic mass is 32.2. The zero-order valence-corrected chi connectivity index (χ0v) is 9.76. The number of amides is 1. The minimum absolute atomic E-state index is 0.201. The van der Waals surface area contributed by atoms with Crippen LogP contribution in [0.5, 0.6) is 0 Å². The molecule has 1 N–H and O–H groups in total. The number of anilines is 1. The number of carbonyl (C=O) groups excluding carboxylic acids is 1. The largest absolute Gasteiger partial charge is 0.294 e. The minimum atomic E-state index is -0.204. The van der Waals surface area contributed by atoms with E-state index in [0.717, 1.165) is 0 Å². The maximum Gasteiger partial charge on any atom is 0.237 e. The molecule has 2 aromatic heterocycles. The van der Waals surface area contributed by atoms with Crippen molar-refractivity contribution in [1.29, 1.82) is 0 Å². The molecule has 0 radical (unpaired) electrons. The number of thioether (sulfide) groups is 1. The lowest BCUT2D eigenvalue weighted by molar-refractivity contribution is -0.113. The highest BCUT2D eigenvalue weighted by Gasteiger charge is 2.08. The average Bonchev–Trinajstić information content (AvgIpc) is 2.74. The summed E-state index contributed by atoms with van der Waals surface area (Å²) >= 11 is 1.24. The molecule has 0 saturated carbocycles. The molecule has 2 aromatic rings. The maximum absolute atomic E-state index is 11.5. The van der Waals surface area contributed by atoms with Crippen molar-refractivity contribution in [2.45, 2.75) is 5.16 Å². The summed E-state index contributed by atoms with van der Waals surface area (Å²) in [4.78, 5) is 19.3. The van der Waals surface area contributed by atoms with Gasteiger partial charge in [-0.15, -0.1) is 5.10 Å². The normalized spacial score (nSPS) is 10.2. The minimum Gasteiger partial charge on any atom is -0.294 e. The average molecular weight is 251 g/mol. The van der Waals surface area contributed by atoms with E-state index in [1.54, 1.807) is 25.5 Å². The molecule has 9 heteroatoms. The molecule has 1 amide bonds. The summed E-state index contributed by atoms with van der Waals surface area (Å²) < 4.78 is 1.50. The number of aryl methyl sites for hydroxylation is 1. The molecule has 0 bridgehead atoms. The summed E-state index contributed by atoms with van der Waals surface area (Å²) in [5.41, 5.74) is 0. The first-order chi connectivity index (χ1) is 8.25. The van der Waals surface area contributed by atoms with Crippen LogP contribution in [-0.4, -0.2) is 41.8 Å². The van der Waals surface area contributed by atoms with Crippen LogP contribution in [0.1, 0.15) is 0 Å². The monoisotopic (exact) mass is 251 g/mol. The van der Waals surface area contributed by atoms with Crippen molar-refractivity contribution in [2.24, 2.45) is 7.05 Å². The van der Waals surface area contributed by atoms with E-state index in [1.807, 2.05) is 0 Å². The van der Waals surface area contributed by atoms with E-state index in [-0.39, 0.29) is 17.6 Å². The molecule has 0 aliphatic carbocycles. The van der Waals surface area contributed by atoms with Gasteiger partial charge in [-0.3, -0.25) is 10.1 Å². The molecular weight excluding hydrogens is 242 g/mol. The summed E-state index contributed by atoms with van der Waals surface area (Å²) in [6, 6.07) is 1.68. The lowest BCUT2D eigenvalue weighted by Crippen LogP contribution is -2.16. The highest BCUT2D eigenvalue weighted by molar-refractivity contribution is 7.99. The molecule has 0 spiro atoms. The van der Waals surface area contributed by atoms with E-state index in [0.29, 0.717) is 5.16 Å². The zero-order chi connectivity index (χ0) is 12.1. The van der Waals surface area contributed by atoms with E-state index >= 15 is 0 Å². The number of tetrazole rings is 1. The second-order valence-electron chi connectivity index (χ2n) is 2.99. The van der Waals surface area contributed by atoms with Crippen LogP contribution in [0, 0.1) is 0 Å². The molecule has 0 fully saturated rings. The molecular formula is C8H9N7OS. The predicted molar refractivity (Wildman–Crippen MR) is 60.2 cm³/mol. The number of carbonyl (C=O) groups is 1. The number of nitrogens with zero attached hydrogens (tertiary/aromatic N) is 6. The molecule has 0 aliphatic heterocycles. The molecule has 8 nitrogen and oxygen atoms in total. The summed E-state index contributed by atoms with van der Waals surface area (Å²) in [6.07, 6.45) is 3.12. The van der Waals surface area contributed by atoms with Crippen molar-refractivity contribution in [1.82, 2.24) is 30.2 Å². The lowest BCUT2D eigenvalue weighted by Gasteiger charge is -2.01. The lowest BCUT2D eigenvalue weighted by atomic mass is 10.6. The van der Waals surface area contributed by atoms with Crippen LogP contribution in [-0.2, 0) is 11.8 Å². The van der Waals surface area contributed by atoms with Crippen LogP contribution in [0.25, 0.3) is 0 Å². The molecule has 0 saturated heterocycles. The van der Waals surface area contributed by atoms with E-state index in [2.05, 4.69) is 30.8 Å². The topological polar surface area (TPSA) is 98.5 Å². The number of aromatic nitrogens is 6. The van der Waals surface area contributed by atoms with E-state index in [9.17, 15) is 4.79 Å². The van der Waals surface area contributed by atoms with Gasteiger partial charge >= 0.3 is 0 Å². The van der Waals surface area contributed by atoms with Gasteiger partial charge in [0.1, 0.15) is 0 Å². The summed E-state index contributed by atoms with van der Waals surface area (Å²) in [5.74, 6) is 0.283. The Hall–Kier alpha value is -2.03. The Labute approximate surface area is 101 Å². The van der Waals surface area contributed by atoms with E-state index in [1.165, 1.54) is 16.4 Å². The molecule has 88 valence electrons. The smallest absolute Gasteiger partial charge is 0.237 e. The van der Waals surface area contributed by atoms with Crippen molar-refractivity contribution >= 4 is 23.6 Å². The predicted octanol–water partition coefficient (Wildman–Crippen LogP) is -0.269. The quantitative estimate of drug-likeness (QED) is 0.747. The number of hydrogen-bond donors (Lipinski definition) is 1. The highest BCUT2D eigenvalue weighted by Crippen LogP contribution is 2.12. The van der Waals surface area contributed by atoms with Gasteiger partial charge in [-0.1, -0.05) is 11.8 Å². The molecule has 0 aromatic carbocycles. The molecule has 2 rings (SSSR count). The zero-order valence-electron chi connectivity index (χ0n) is 8.94. The first-order valence-corrected chi connectivity index (χ1v) is 5.66. The van der Waals surface area contributed by atoms with Crippen LogP contribution in [0.4, 0.5) is 5.95 Å². The van der Waals surface area contributed by atoms with Crippen LogP contribution in [0.2, 0.25) is 0 Å². The Morgan fingerprint density at radius 3 is 2.88 bits per heavy atom. The second kappa shape index (κ2) is 5.34. The molecule has 0 unspecified atom stereocenters. The summed E-state index contributed by atoms with van der Waals surface area (Å²) in [6.45, 7) is 0. The van der Waals surface area contributed by atoms with Crippen LogP contribution >= 0.6 is 11.8 Å². The third-order valence-corrected chi connectivity index (χ3v) is 2.74. The summed E-state index contributed by atoms with van der Waals surface area (Å²) in [5, 5.41) is 14.0. The van der Waals surface area contributed by atoms with Crippen LogP contribution in [0.15, 0.2) is 23.6 Å². The Balaban J connectivity index is 1.84. The molecule has 17 heavy (non-hydrogen) atoms. The van der Waals surface area contributed by atoms with Gasteiger partial charge in [-0.25, -0.2) is 14.6 Å². The van der Waals surface area contributed by atoms with Crippen molar-refractivity contribution in [3.63, 3.8) is 0 Å². The SMILES string of the molecule is Cn1nnnc1SCC(=O)Nc1ncccn1. The van der Waals surface area contributed by atoms with Crippen molar-refractivity contribution in [2.75, 3.05) is 11.1 Å². The van der Waals surface area contributed by atoms with Crippen LogP contribution < -0.4 is 5.32 Å². The fourth-order valence-corrected chi connectivity index (χ4v) is 1.65. The van der Waals surface area contributed by atoms with Gasteiger partial charge in [0.2, 0.25) is 17.0 Å². The Morgan fingerprint density at radius 2 is 2.24 bits per heavy atom. The number of rotatable bonds is 4. The third kappa shape index (κ3) is 3.21. The Morgan fingerprint density at radius 1 is 1.47 bits per heavy atom. The second-order valence-corrected chi connectivity index (χ2v) is 3.94. The Kier molecular flexibility index (Phi) is 3.60. The van der Waals surface area contributed by atoms with Gasteiger partial charge in [0.15, 0.2) is 0 Å². The van der Waals surface area contributed by atoms with Gasteiger partial charge < -0.3 is 0 Å². The first kappa shape index (κ1) is 11.5. The standard InChI is InChI=1S/C8H9N7OS/c1-15-8(12-13-14-15)17-5-6(16)11-7-9-3-2-4-10-7/h2-4H,5H2,1H3,(H,9,10,11,16). The molecule has 0 atom stereocenters. The fraction of sp³-hybridized carbons (Fsp3) is 0.250. The third-order valence-electron chi connectivity index (χ3n) is 1.73. The summed E-state index contributed by atoms with van der Waals surface area (Å²) in [7, 11) is 1.71. The first-order valence-electron chi connectivity index (χ1n) is 4.68. The van der Waals surface area contributed by atoms with Gasteiger partial charge in [0.25, 0.3) is 0 Å². The molecule has 0 aliphatic rings. The van der Waals surface area contributed by atoms with Gasteiger partial charge in [-0.05, 0) is 16.5 Å². The van der Waals surface area contributed by atoms with E-state index < -0.39 is 0 Å². The van der Waals surface area contributed by atoms with Gasteiger partial charge in [-0.2, -0.15) is 0 Å². The van der Waals surface area contributed by atoms with E-state index in [4.69, 9.17) is 0 Å². The van der Waals surface area contributed by atoms with Crippen molar-refractivity contribution in [3.8, 4) is 0 Å². The van der Waals surface area contributed by atoms with Crippen molar-refractivity contribution in [3.05, 3.63) is 18.5 Å². The number of nitrogens with one attached hydrogen (secondary N) is 1. The van der Waals surface area contributed by atoms with Gasteiger partial charge in [0.05, 0.1) is 5.75 Å².